The van der Waals surface area contributed by atoms with Gasteiger partial charge in [-0.25, -0.2) is 14.6 Å². The number of amides is 1. The molecule has 1 fully saturated rings. The highest BCUT2D eigenvalue weighted by Gasteiger charge is 2.45. The molecule has 34 heavy (non-hydrogen) atoms. The maximum absolute atomic E-state index is 13.5. The predicted molar refractivity (Wildman–Crippen MR) is 134 cm³/mol. The average molecular weight is 467 g/mol. The molecule has 1 amide bonds. The largest absolute Gasteiger partial charge is 0.478 e. The molecule has 1 aromatic carbocycles. The first-order valence-corrected chi connectivity index (χ1v) is 11.4. The van der Waals surface area contributed by atoms with Crippen LogP contribution in [0.5, 0.6) is 0 Å². The second kappa shape index (κ2) is 10.3. The topological polar surface area (TPSA) is 95.0 Å². The van der Waals surface area contributed by atoms with Crippen molar-refractivity contribution in [3.05, 3.63) is 59.8 Å². The minimum absolute atomic E-state index is 0.456. The van der Waals surface area contributed by atoms with Crippen molar-refractivity contribution in [2.75, 3.05) is 37.0 Å². The number of ether oxygens (including phenoxy) is 1. The molecule has 1 aromatic heterocycles. The highest BCUT2D eigenvalue weighted by atomic mass is 16.6. The number of hydrogen-bond acceptors (Lipinski definition) is 6. The highest BCUT2D eigenvalue weighted by molar-refractivity contribution is 5.89. The molecule has 1 aliphatic heterocycles. The fourth-order valence-electron chi connectivity index (χ4n) is 4.08. The molecule has 8 nitrogen and oxygen atoms in total. The van der Waals surface area contributed by atoms with Crippen LogP contribution in [-0.4, -0.2) is 60.5 Å². The van der Waals surface area contributed by atoms with Gasteiger partial charge in [-0.1, -0.05) is 12.1 Å². The van der Waals surface area contributed by atoms with Gasteiger partial charge in [-0.15, -0.1) is 0 Å². The molecule has 1 saturated heterocycles. The lowest BCUT2D eigenvalue weighted by Crippen LogP contribution is -2.56. The molecule has 0 radical (unpaired) electrons. The molecular weight excluding hydrogens is 432 g/mol. The minimum Gasteiger partial charge on any atom is -0.478 e. The molecule has 182 valence electrons. The van der Waals surface area contributed by atoms with Crippen LogP contribution in [0.3, 0.4) is 0 Å². The van der Waals surface area contributed by atoms with Crippen molar-refractivity contribution in [3.8, 4) is 0 Å². The summed E-state index contributed by atoms with van der Waals surface area (Å²) >= 11 is 0. The molecule has 2 heterocycles. The third-order valence-electron chi connectivity index (χ3n) is 5.68. The third kappa shape index (κ3) is 6.35. The molecular formula is C26H34N4O4. The number of benzene rings is 1. The Morgan fingerprint density at radius 3 is 2.38 bits per heavy atom. The Bertz CT molecular complexity index is 1020. The standard InChI is InChI=1S/C26H34N4O4/c1-25(2,3)34-24(33)30(22-12-8-20(17-28-22)9-13-23(31)32)26(14-15-27-18-26)16-19-6-10-21(11-7-19)29(4)5/h6-13,17,27H,14-16,18H2,1-5H3,(H,31,32)/b13-9+/t26-/m0/s1. The number of nitrogens with one attached hydrogen (secondary N) is 1. The predicted octanol–water partition coefficient (Wildman–Crippen LogP) is 3.96. The van der Waals surface area contributed by atoms with Gasteiger partial charge in [-0.2, -0.15) is 0 Å². The minimum atomic E-state index is -1.03. The van der Waals surface area contributed by atoms with E-state index >= 15 is 0 Å². The number of anilines is 2. The van der Waals surface area contributed by atoms with E-state index in [4.69, 9.17) is 9.84 Å². The molecule has 3 rings (SSSR count). The first-order valence-electron chi connectivity index (χ1n) is 11.4. The van der Waals surface area contributed by atoms with Gasteiger partial charge in [0.1, 0.15) is 11.4 Å². The summed E-state index contributed by atoms with van der Waals surface area (Å²) in [5.74, 6) is -0.564. The highest BCUT2D eigenvalue weighted by Crippen LogP contribution is 2.34. The van der Waals surface area contributed by atoms with E-state index in [-0.39, 0.29) is 0 Å². The Balaban J connectivity index is 2.00. The number of carboxylic acid groups (broad SMARTS) is 1. The molecule has 2 aromatic rings. The second-order valence-corrected chi connectivity index (χ2v) is 9.83. The summed E-state index contributed by atoms with van der Waals surface area (Å²) in [6.45, 7) is 6.90. The number of carboxylic acids is 1. The lowest BCUT2D eigenvalue weighted by molar-refractivity contribution is -0.131. The monoisotopic (exact) mass is 466 g/mol. The maximum atomic E-state index is 13.5. The number of nitrogens with zero attached hydrogens (tertiary/aromatic N) is 3. The number of hydrogen-bond donors (Lipinski definition) is 2. The summed E-state index contributed by atoms with van der Waals surface area (Å²) in [4.78, 5) is 32.6. The van der Waals surface area contributed by atoms with Crippen LogP contribution < -0.4 is 15.1 Å². The second-order valence-electron chi connectivity index (χ2n) is 9.83. The van der Waals surface area contributed by atoms with Crippen LogP contribution in [0.1, 0.15) is 38.3 Å². The Labute approximate surface area is 201 Å². The van der Waals surface area contributed by atoms with E-state index < -0.39 is 23.2 Å². The van der Waals surface area contributed by atoms with Gasteiger partial charge >= 0.3 is 12.1 Å². The van der Waals surface area contributed by atoms with Gasteiger partial charge in [-0.3, -0.25) is 4.90 Å². The van der Waals surface area contributed by atoms with Gasteiger partial charge in [0.25, 0.3) is 0 Å². The van der Waals surface area contributed by atoms with Crippen LogP contribution in [0.15, 0.2) is 48.7 Å². The summed E-state index contributed by atoms with van der Waals surface area (Å²) < 4.78 is 5.81. The van der Waals surface area contributed by atoms with Crippen molar-refractivity contribution < 1.29 is 19.4 Å². The summed E-state index contributed by atoms with van der Waals surface area (Å²) in [5, 5.41) is 12.3. The number of carbonyl (C=O) groups excluding carboxylic acids is 1. The van der Waals surface area contributed by atoms with E-state index in [0.29, 0.717) is 24.3 Å². The van der Waals surface area contributed by atoms with Crippen LogP contribution in [0.2, 0.25) is 0 Å². The lowest BCUT2D eigenvalue weighted by Gasteiger charge is -2.40. The molecule has 0 saturated carbocycles. The summed E-state index contributed by atoms with van der Waals surface area (Å²) in [7, 11) is 4.01. The molecule has 1 aliphatic rings. The van der Waals surface area contributed by atoms with Gasteiger partial charge < -0.3 is 20.1 Å². The fourth-order valence-corrected chi connectivity index (χ4v) is 4.08. The number of aromatic nitrogens is 1. The van der Waals surface area contributed by atoms with E-state index in [1.54, 1.807) is 23.2 Å². The van der Waals surface area contributed by atoms with E-state index in [1.807, 2.05) is 39.8 Å². The normalized spacial score (nSPS) is 18.1. The Morgan fingerprint density at radius 1 is 1.18 bits per heavy atom. The SMILES string of the molecule is CN(C)c1ccc(C[C@@]2(N(C(=O)OC(C)(C)C)c3ccc(/C=C/C(=O)O)cn3)CCNC2)cc1. The lowest BCUT2D eigenvalue weighted by atomic mass is 9.87. The van der Waals surface area contributed by atoms with Crippen molar-refractivity contribution in [1.82, 2.24) is 10.3 Å². The molecule has 8 heteroatoms. The van der Waals surface area contributed by atoms with Gasteiger partial charge in [0.2, 0.25) is 0 Å². The summed E-state index contributed by atoms with van der Waals surface area (Å²) in [6, 6.07) is 11.8. The average Bonchev–Trinajstić information content (AvgIpc) is 3.21. The van der Waals surface area contributed by atoms with Crippen LogP contribution in [-0.2, 0) is 16.0 Å². The van der Waals surface area contributed by atoms with E-state index in [0.717, 1.165) is 30.3 Å². The zero-order chi connectivity index (χ0) is 24.9. The van der Waals surface area contributed by atoms with Gasteiger partial charge in [0.05, 0.1) is 5.54 Å². The molecule has 0 unspecified atom stereocenters. The van der Waals surface area contributed by atoms with Crippen LogP contribution in [0.4, 0.5) is 16.3 Å². The van der Waals surface area contributed by atoms with Gasteiger partial charge in [0.15, 0.2) is 0 Å². The number of carbonyl (C=O) groups is 2. The maximum Gasteiger partial charge on any atom is 0.416 e. The number of rotatable bonds is 7. The first kappa shape index (κ1) is 25.2. The molecule has 0 spiro atoms. The number of pyridine rings is 1. The molecule has 1 atom stereocenters. The van der Waals surface area contributed by atoms with Crippen molar-refractivity contribution in [3.63, 3.8) is 0 Å². The van der Waals surface area contributed by atoms with Crippen molar-refractivity contribution in [2.45, 2.75) is 44.8 Å². The number of aliphatic carboxylic acids is 1. The smallest absolute Gasteiger partial charge is 0.416 e. The third-order valence-corrected chi connectivity index (χ3v) is 5.68. The Morgan fingerprint density at radius 2 is 1.88 bits per heavy atom. The molecule has 2 N–H and O–H groups in total. The van der Waals surface area contributed by atoms with Crippen molar-refractivity contribution in [1.29, 1.82) is 0 Å². The Kier molecular flexibility index (Phi) is 7.61. The zero-order valence-electron chi connectivity index (χ0n) is 20.5. The zero-order valence-corrected chi connectivity index (χ0v) is 20.5. The summed E-state index contributed by atoms with van der Waals surface area (Å²) in [5.41, 5.74) is 1.63. The van der Waals surface area contributed by atoms with E-state index in [9.17, 15) is 9.59 Å². The van der Waals surface area contributed by atoms with Crippen molar-refractivity contribution >= 4 is 29.6 Å². The van der Waals surface area contributed by atoms with Crippen LogP contribution in [0, 0.1) is 0 Å². The van der Waals surface area contributed by atoms with Crippen LogP contribution in [0.25, 0.3) is 6.08 Å². The van der Waals surface area contributed by atoms with Gasteiger partial charge in [-0.05, 0) is 81.6 Å². The Hall–Kier alpha value is -3.39. The fraction of sp³-hybridized carbons (Fsp3) is 0.423. The van der Waals surface area contributed by atoms with Crippen molar-refractivity contribution in [2.24, 2.45) is 0 Å². The molecule has 0 aliphatic carbocycles. The summed E-state index contributed by atoms with van der Waals surface area (Å²) in [6.07, 6.45) is 5.01. The molecule has 0 bridgehead atoms. The quantitative estimate of drug-likeness (QED) is 0.597. The van der Waals surface area contributed by atoms with Crippen LogP contribution >= 0.6 is 0 Å². The first-order chi connectivity index (χ1) is 16.0. The van der Waals surface area contributed by atoms with E-state index in [1.165, 1.54) is 6.08 Å². The van der Waals surface area contributed by atoms with Gasteiger partial charge in [0, 0.05) is 38.6 Å². The van der Waals surface area contributed by atoms with E-state index in [2.05, 4.69) is 34.6 Å².